The molecule has 0 aliphatic carbocycles. The van der Waals surface area contributed by atoms with E-state index in [0.717, 1.165) is 48.5 Å². The summed E-state index contributed by atoms with van der Waals surface area (Å²) in [6.45, 7) is 8.14. The summed E-state index contributed by atoms with van der Waals surface area (Å²) in [5.41, 5.74) is 9.35. The van der Waals surface area contributed by atoms with Crippen LogP contribution in [0.3, 0.4) is 0 Å². The summed E-state index contributed by atoms with van der Waals surface area (Å²) in [7, 11) is 0. The number of aryl methyl sites for hydroxylation is 1. The Bertz CT molecular complexity index is 770. The number of furan rings is 1. The van der Waals surface area contributed by atoms with Crippen LogP contribution >= 0.6 is 0 Å². The zero-order valence-electron chi connectivity index (χ0n) is 13.9. The van der Waals surface area contributed by atoms with E-state index in [4.69, 9.17) is 10.2 Å². The molecule has 23 heavy (non-hydrogen) atoms. The normalized spacial score (nSPS) is 14.7. The highest BCUT2D eigenvalue weighted by atomic mass is 16.3. The van der Waals surface area contributed by atoms with E-state index in [1.165, 1.54) is 0 Å². The van der Waals surface area contributed by atoms with Crippen molar-refractivity contribution in [2.75, 3.05) is 12.3 Å². The lowest BCUT2D eigenvalue weighted by Gasteiger charge is -2.32. The molecule has 5 heteroatoms. The Morgan fingerprint density at radius 2 is 2.22 bits per heavy atom. The average Bonchev–Trinajstić information content (AvgIpc) is 3.01. The average molecular weight is 310 g/mol. The van der Waals surface area contributed by atoms with Crippen molar-refractivity contribution in [2.45, 2.75) is 46.2 Å². The fraction of sp³-hybridized carbons (Fsp3) is 0.444. The van der Waals surface area contributed by atoms with Crippen molar-refractivity contribution >= 4 is 5.82 Å². The smallest absolute Gasteiger partial charge is 0.142 e. The maximum absolute atomic E-state index is 9.58. The summed E-state index contributed by atoms with van der Waals surface area (Å²) < 4.78 is 5.93. The van der Waals surface area contributed by atoms with E-state index < -0.39 is 0 Å². The van der Waals surface area contributed by atoms with Gasteiger partial charge in [-0.25, -0.2) is 4.98 Å². The number of rotatable bonds is 3. The quantitative estimate of drug-likeness (QED) is 0.942. The first-order valence-electron chi connectivity index (χ1n) is 8.09. The molecule has 0 bridgehead atoms. The van der Waals surface area contributed by atoms with Gasteiger partial charge in [0.05, 0.1) is 0 Å². The summed E-state index contributed by atoms with van der Waals surface area (Å²) >= 11 is 0. The van der Waals surface area contributed by atoms with E-state index in [1.54, 1.807) is 0 Å². The fourth-order valence-corrected chi connectivity index (χ4v) is 3.13. The Balaban J connectivity index is 2.20. The minimum Gasteiger partial charge on any atom is -0.461 e. The second-order valence-electron chi connectivity index (χ2n) is 6.22. The highest BCUT2D eigenvalue weighted by molar-refractivity contribution is 5.76. The number of nitrogen functional groups attached to an aromatic ring is 1. The predicted octanol–water partition coefficient (Wildman–Crippen LogP) is 3.12. The van der Waals surface area contributed by atoms with Crippen LogP contribution < -0.4 is 5.73 Å². The molecule has 5 nitrogen and oxygen atoms in total. The van der Waals surface area contributed by atoms with Gasteiger partial charge in [0.1, 0.15) is 29.0 Å². The fourth-order valence-electron chi connectivity index (χ4n) is 3.13. The Hall–Kier alpha value is -2.32. The van der Waals surface area contributed by atoms with Crippen molar-refractivity contribution in [3.8, 4) is 17.4 Å². The van der Waals surface area contributed by atoms with E-state index in [0.29, 0.717) is 23.2 Å². The molecule has 1 aliphatic rings. The monoisotopic (exact) mass is 310 g/mol. The number of nitrogens with zero attached hydrogens (tertiary/aromatic N) is 3. The van der Waals surface area contributed by atoms with Crippen LogP contribution in [0.15, 0.2) is 16.5 Å². The molecule has 3 heterocycles. The molecule has 1 aliphatic heterocycles. The predicted molar refractivity (Wildman–Crippen MR) is 89.7 cm³/mol. The van der Waals surface area contributed by atoms with Gasteiger partial charge in [0.2, 0.25) is 0 Å². The van der Waals surface area contributed by atoms with Gasteiger partial charge in [0.15, 0.2) is 0 Å². The van der Waals surface area contributed by atoms with Gasteiger partial charge < -0.3 is 10.2 Å². The van der Waals surface area contributed by atoms with Crippen molar-refractivity contribution in [2.24, 2.45) is 0 Å². The Morgan fingerprint density at radius 3 is 2.83 bits per heavy atom. The van der Waals surface area contributed by atoms with Gasteiger partial charge in [0, 0.05) is 48.8 Å². The number of hydrogen-bond donors (Lipinski definition) is 1. The number of fused-ring (bicyclic) bond motifs is 1. The molecule has 0 saturated heterocycles. The highest BCUT2D eigenvalue weighted by Gasteiger charge is 2.27. The molecule has 0 saturated carbocycles. The zero-order chi connectivity index (χ0) is 16.6. The Labute approximate surface area is 136 Å². The number of aromatic nitrogens is 1. The standard InChI is InChI=1S/C18H22N4O/c1-4-12-5-6-16(23-12)17-13(9-19)18(20)21-15-7-8-22(11(2)3)10-14(15)17/h5-6,11H,4,7-8,10H2,1-3H3,(H2,20,21). The largest absolute Gasteiger partial charge is 0.461 e. The molecule has 120 valence electrons. The van der Waals surface area contributed by atoms with Gasteiger partial charge >= 0.3 is 0 Å². The van der Waals surface area contributed by atoms with Crippen LogP contribution in [0.25, 0.3) is 11.3 Å². The summed E-state index contributed by atoms with van der Waals surface area (Å²) in [5.74, 6) is 1.92. The van der Waals surface area contributed by atoms with E-state index in [2.05, 4.69) is 29.8 Å². The number of hydrogen-bond acceptors (Lipinski definition) is 5. The van der Waals surface area contributed by atoms with E-state index in [9.17, 15) is 5.26 Å². The number of nitrogens with two attached hydrogens (primary N) is 1. The van der Waals surface area contributed by atoms with E-state index in [1.807, 2.05) is 19.1 Å². The van der Waals surface area contributed by atoms with Gasteiger partial charge in [-0.3, -0.25) is 4.90 Å². The number of nitriles is 1. The first-order valence-corrected chi connectivity index (χ1v) is 8.09. The van der Waals surface area contributed by atoms with Crippen molar-refractivity contribution < 1.29 is 4.42 Å². The Morgan fingerprint density at radius 1 is 1.43 bits per heavy atom. The van der Waals surface area contributed by atoms with Gasteiger partial charge in [-0.2, -0.15) is 5.26 Å². The molecule has 0 unspecified atom stereocenters. The van der Waals surface area contributed by atoms with Crippen molar-refractivity contribution in [3.63, 3.8) is 0 Å². The van der Waals surface area contributed by atoms with E-state index >= 15 is 0 Å². The van der Waals surface area contributed by atoms with Crippen molar-refractivity contribution in [1.29, 1.82) is 5.26 Å². The first kappa shape index (κ1) is 15.6. The number of anilines is 1. The molecule has 0 radical (unpaired) electrons. The summed E-state index contributed by atoms with van der Waals surface area (Å²) in [6, 6.07) is 6.56. The second-order valence-corrected chi connectivity index (χ2v) is 6.22. The molecule has 2 aromatic heterocycles. The Kier molecular flexibility index (Phi) is 4.10. The van der Waals surface area contributed by atoms with Crippen LogP contribution in [0.4, 0.5) is 5.82 Å². The van der Waals surface area contributed by atoms with Crippen LogP contribution in [0.1, 0.15) is 43.4 Å². The molecule has 0 amide bonds. The molecule has 2 N–H and O–H groups in total. The van der Waals surface area contributed by atoms with Gasteiger partial charge in [0.25, 0.3) is 0 Å². The lowest BCUT2D eigenvalue weighted by molar-refractivity contribution is 0.202. The molecule has 0 fully saturated rings. The molecule has 0 aromatic carbocycles. The topological polar surface area (TPSA) is 79.1 Å². The molecular weight excluding hydrogens is 288 g/mol. The van der Waals surface area contributed by atoms with Crippen LogP contribution in [0, 0.1) is 11.3 Å². The van der Waals surface area contributed by atoms with E-state index in [-0.39, 0.29) is 0 Å². The molecule has 0 spiro atoms. The maximum Gasteiger partial charge on any atom is 0.142 e. The van der Waals surface area contributed by atoms with Gasteiger partial charge in [-0.15, -0.1) is 0 Å². The lowest BCUT2D eigenvalue weighted by atomic mass is 9.94. The minimum atomic E-state index is 0.300. The summed E-state index contributed by atoms with van der Waals surface area (Å²) in [4.78, 5) is 6.86. The third-order valence-electron chi connectivity index (χ3n) is 4.51. The maximum atomic E-state index is 9.58. The molecule has 0 atom stereocenters. The molecule has 3 rings (SSSR count). The van der Waals surface area contributed by atoms with Crippen LogP contribution in [-0.2, 0) is 19.4 Å². The van der Waals surface area contributed by atoms with Gasteiger partial charge in [-0.05, 0) is 26.0 Å². The third-order valence-corrected chi connectivity index (χ3v) is 4.51. The van der Waals surface area contributed by atoms with Gasteiger partial charge in [-0.1, -0.05) is 6.92 Å². The van der Waals surface area contributed by atoms with Crippen LogP contribution in [0.2, 0.25) is 0 Å². The number of pyridine rings is 1. The molecule has 2 aromatic rings. The minimum absolute atomic E-state index is 0.300. The third kappa shape index (κ3) is 2.71. The highest BCUT2D eigenvalue weighted by Crippen LogP contribution is 2.36. The summed E-state index contributed by atoms with van der Waals surface area (Å²) in [6.07, 6.45) is 1.67. The first-order chi connectivity index (χ1) is 11.0. The lowest BCUT2D eigenvalue weighted by Crippen LogP contribution is -2.36. The summed E-state index contributed by atoms with van der Waals surface area (Å²) in [5, 5.41) is 9.58. The van der Waals surface area contributed by atoms with Crippen molar-refractivity contribution in [1.82, 2.24) is 9.88 Å². The van der Waals surface area contributed by atoms with Crippen molar-refractivity contribution in [3.05, 3.63) is 34.7 Å². The SMILES string of the molecule is CCc1ccc(-c2c(C#N)c(N)nc3c2CN(C(C)C)CC3)o1. The molecular formula is C18H22N4O. The van der Waals surface area contributed by atoms with Crippen LogP contribution in [0.5, 0.6) is 0 Å². The van der Waals surface area contributed by atoms with Crippen LogP contribution in [-0.4, -0.2) is 22.5 Å². The second kappa shape index (κ2) is 6.05. The zero-order valence-corrected chi connectivity index (χ0v) is 13.9.